The molecule has 2 aromatic rings. The van der Waals surface area contributed by atoms with Crippen molar-refractivity contribution in [2.24, 2.45) is 10.7 Å². The van der Waals surface area contributed by atoms with Gasteiger partial charge in [0, 0.05) is 11.8 Å². The number of aliphatic imine (C=N–C) groups is 1. The van der Waals surface area contributed by atoms with Crippen LogP contribution in [0.1, 0.15) is 51.1 Å². The molecule has 1 amide bonds. The molecule has 144 valence electrons. The van der Waals surface area contributed by atoms with Crippen LogP contribution >= 0.6 is 11.3 Å². The maximum absolute atomic E-state index is 11.4. The number of aromatic nitrogens is 2. The predicted octanol–water partition coefficient (Wildman–Crippen LogP) is 3.29. The molecular formula is C19H26N6OS. The molecule has 0 aliphatic heterocycles. The molecule has 1 aliphatic carbocycles. The summed E-state index contributed by atoms with van der Waals surface area (Å²) >= 11 is 1.47. The summed E-state index contributed by atoms with van der Waals surface area (Å²) < 4.78 is 0. The lowest BCUT2D eigenvalue weighted by molar-refractivity contribution is -0.120. The monoisotopic (exact) mass is 386 g/mol. The van der Waals surface area contributed by atoms with E-state index in [4.69, 9.17) is 5.73 Å². The summed E-state index contributed by atoms with van der Waals surface area (Å²) in [5, 5.41) is 8.57. The van der Waals surface area contributed by atoms with E-state index >= 15 is 0 Å². The van der Waals surface area contributed by atoms with Gasteiger partial charge < -0.3 is 16.4 Å². The standard InChI is InChI=1S/C19H26N6OS/c1-2-17(26)21-11-14-9-6-10-15(22-14)16-12-27-19(24-16)25-18(20)23-13-7-4-3-5-8-13/h6,9-10,12-13H,2-5,7-8,11H2,1H3,(H,21,26)(H3,20,23,24,25). The van der Waals surface area contributed by atoms with Crippen LogP contribution in [0.25, 0.3) is 11.4 Å². The minimum Gasteiger partial charge on any atom is -0.370 e. The SMILES string of the molecule is CCC(=O)NCc1cccc(-c2csc(NC(N)=NC3CCCCC3)n2)n1. The summed E-state index contributed by atoms with van der Waals surface area (Å²) in [5.74, 6) is 0.432. The minimum absolute atomic E-state index is 0.00933. The van der Waals surface area contributed by atoms with Crippen molar-refractivity contribution >= 4 is 28.3 Å². The maximum atomic E-state index is 11.4. The topological polar surface area (TPSA) is 105 Å². The number of nitrogens with two attached hydrogens (primary N) is 1. The Morgan fingerprint density at radius 1 is 1.26 bits per heavy atom. The molecule has 0 saturated heterocycles. The number of hydrogen-bond acceptors (Lipinski definition) is 5. The fraction of sp³-hybridized carbons (Fsp3) is 0.474. The Morgan fingerprint density at radius 2 is 2.07 bits per heavy atom. The fourth-order valence-corrected chi connectivity index (χ4v) is 3.74. The third-order valence-electron chi connectivity index (χ3n) is 4.49. The van der Waals surface area contributed by atoms with E-state index < -0.39 is 0 Å². The average molecular weight is 387 g/mol. The molecule has 1 fully saturated rings. The highest BCUT2D eigenvalue weighted by atomic mass is 32.1. The molecule has 2 heterocycles. The number of nitrogens with one attached hydrogen (secondary N) is 2. The highest BCUT2D eigenvalue weighted by Gasteiger charge is 2.13. The Morgan fingerprint density at radius 3 is 2.85 bits per heavy atom. The van der Waals surface area contributed by atoms with Crippen LogP contribution in [0.3, 0.4) is 0 Å². The third kappa shape index (κ3) is 5.75. The number of amides is 1. The minimum atomic E-state index is 0.00933. The van der Waals surface area contributed by atoms with E-state index in [-0.39, 0.29) is 5.91 Å². The number of carbonyl (C=O) groups is 1. The second kappa shape index (κ2) is 9.45. The van der Waals surface area contributed by atoms with Crippen LogP contribution in [0, 0.1) is 0 Å². The van der Waals surface area contributed by atoms with Gasteiger partial charge in [-0.15, -0.1) is 11.3 Å². The zero-order valence-electron chi connectivity index (χ0n) is 15.6. The number of guanidine groups is 1. The molecule has 0 radical (unpaired) electrons. The van der Waals surface area contributed by atoms with Gasteiger partial charge in [-0.05, 0) is 25.0 Å². The lowest BCUT2D eigenvalue weighted by atomic mass is 9.96. The molecule has 27 heavy (non-hydrogen) atoms. The molecule has 4 N–H and O–H groups in total. The molecule has 0 spiro atoms. The molecule has 0 unspecified atom stereocenters. The zero-order chi connectivity index (χ0) is 19.1. The number of anilines is 1. The first-order valence-electron chi connectivity index (χ1n) is 9.43. The summed E-state index contributed by atoms with van der Waals surface area (Å²) in [5.41, 5.74) is 8.38. The van der Waals surface area contributed by atoms with Crippen molar-refractivity contribution in [1.82, 2.24) is 15.3 Å². The van der Waals surface area contributed by atoms with Crippen LogP contribution in [-0.4, -0.2) is 27.9 Å². The van der Waals surface area contributed by atoms with E-state index in [0.29, 0.717) is 30.1 Å². The third-order valence-corrected chi connectivity index (χ3v) is 5.25. The second-order valence-corrected chi connectivity index (χ2v) is 7.47. The largest absolute Gasteiger partial charge is 0.370 e. The summed E-state index contributed by atoms with van der Waals surface area (Å²) in [6, 6.07) is 6.03. The van der Waals surface area contributed by atoms with Crippen molar-refractivity contribution in [3.8, 4) is 11.4 Å². The van der Waals surface area contributed by atoms with Crippen molar-refractivity contribution < 1.29 is 4.79 Å². The van der Waals surface area contributed by atoms with E-state index in [1.54, 1.807) is 0 Å². The van der Waals surface area contributed by atoms with E-state index in [1.807, 2.05) is 30.5 Å². The Bertz CT molecular complexity index is 797. The lowest BCUT2D eigenvalue weighted by Crippen LogP contribution is -2.25. The van der Waals surface area contributed by atoms with Gasteiger partial charge in [-0.2, -0.15) is 0 Å². The van der Waals surface area contributed by atoms with E-state index in [0.717, 1.165) is 29.9 Å². The number of carbonyl (C=O) groups excluding carboxylic acids is 1. The van der Waals surface area contributed by atoms with Crippen LogP contribution < -0.4 is 16.4 Å². The molecule has 3 rings (SSSR count). The van der Waals surface area contributed by atoms with Gasteiger partial charge in [0.2, 0.25) is 5.91 Å². The number of nitrogens with zero attached hydrogens (tertiary/aromatic N) is 3. The molecule has 8 heteroatoms. The first-order chi connectivity index (χ1) is 13.1. The van der Waals surface area contributed by atoms with Crippen molar-refractivity contribution in [2.75, 3.05) is 5.32 Å². The maximum Gasteiger partial charge on any atom is 0.220 e. The van der Waals surface area contributed by atoms with Gasteiger partial charge in [-0.1, -0.05) is 32.3 Å². The van der Waals surface area contributed by atoms with Crippen LogP contribution in [0.15, 0.2) is 28.6 Å². The molecule has 0 bridgehead atoms. The first kappa shape index (κ1) is 19.3. The van der Waals surface area contributed by atoms with Gasteiger partial charge in [0.1, 0.15) is 5.69 Å². The summed E-state index contributed by atoms with van der Waals surface area (Å²) in [6.45, 7) is 2.24. The highest BCUT2D eigenvalue weighted by Crippen LogP contribution is 2.24. The summed E-state index contributed by atoms with van der Waals surface area (Å²) in [4.78, 5) is 25.1. The Labute approximate surface area is 163 Å². The highest BCUT2D eigenvalue weighted by molar-refractivity contribution is 7.14. The smallest absolute Gasteiger partial charge is 0.220 e. The Hall–Kier alpha value is -2.48. The van der Waals surface area contributed by atoms with Crippen molar-refractivity contribution in [3.05, 3.63) is 29.3 Å². The van der Waals surface area contributed by atoms with Crippen LogP contribution in [0.4, 0.5) is 5.13 Å². The molecule has 1 aliphatic rings. The van der Waals surface area contributed by atoms with Gasteiger partial charge in [0.25, 0.3) is 0 Å². The molecule has 1 saturated carbocycles. The van der Waals surface area contributed by atoms with E-state index in [2.05, 4.69) is 25.6 Å². The van der Waals surface area contributed by atoms with Gasteiger partial charge in [-0.3, -0.25) is 4.79 Å². The van der Waals surface area contributed by atoms with E-state index in [9.17, 15) is 4.79 Å². The molecule has 0 aromatic carbocycles. The molecule has 0 atom stereocenters. The van der Waals surface area contributed by atoms with Crippen molar-refractivity contribution in [3.63, 3.8) is 0 Å². The fourth-order valence-electron chi connectivity index (χ4n) is 3.03. The summed E-state index contributed by atoms with van der Waals surface area (Å²) in [6.07, 6.45) is 6.43. The molecular weight excluding hydrogens is 360 g/mol. The average Bonchev–Trinajstić information content (AvgIpc) is 3.15. The number of thiazole rings is 1. The Kier molecular flexibility index (Phi) is 6.75. The number of pyridine rings is 1. The van der Waals surface area contributed by atoms with Crippen LogP contribution in [0.2, 0.25) is 0 Å². The summed E-state index contributed by atoms with van der Waals surface area (Å²) in [7, 11) is 0. The van der Waals surface area contributed by atoms with Crippen LogP contribution in [0.5, 0.6) is 0 Å². The first-order valence-corrected chi connectivity index (χ1v) is 10.3. The number of hydrogen-bond donors (Lipinski definition) is 3. The normalized spacial score (nSPS) is 15.5. The Balaban J connectivity index is 1.63. The molecule has 7 nitrogen and oxygen atoms in total. The number of rotatable bonds is 6. The zero-order valence-corrected chi connectivity index (χ0v) is 16.4. The second-order valence-electron chi connectivity index (χ2n) is 6.61. The van der Waals surface area contributed by atoms with Gasteiger partial charge in [0.15, 0.2) is 11.1 Å². The predicted molar refractivity (Wildman–Crippen MR) is 110 cm³/mol. The van der Waals surface area contributed by atoms with Crippen molar-refractivity contribution in [2.45, 2.75) is 58.0 Å². The van der Waals surface area contributed by atoms with Gasteiger partial charge >= 0.3 is 0 Å². The van der Waals surface area contributed by atoms with Crippen molar-refractivity contribution in [1.29, 1.82) is 0 Å². The quantitative estimate of drug-likeness (QED) is 0.522. The lowest BCUT2D eigenvalue weighted by Gasteiger charge is -2.18. The van der Waals surface area contributed by atoms with Gasteiger partial charge in [0.05, 0.1) is 24.0 Å². The van der Waals surface area contributed by atoms with E-state index in [1.165, 1.54) is 30.6 Å². The van der Waals surface area contributed by atoms with Crippen LogP contribution in [-0.2, 0) is 11.3 Å². The molecule has 2 aromatic heterocycles. The van der Waals surface area contributed by atoms with Gasteiger partial charge in [-0.25, -0.2) is 15.0 Å².